The van der Waals surface area contributed by atoms with Gasteiger partial charge in [0, 0.05) is 18.7 Å². The van der Waals surface area contributed by atoms with Gasteiger partial charge in [0.05, 0.1) is 18.6 Å². The Labute approximate surface area is 158 Å². The molecule has 144 valence electrons. The molecule has 0 aromatic heterocycles. The van der Waals surface area contributed by atoms with Crippen molar-refractivity contribution in [3.8, 4) is 5.75 Å². The number of non-ortho nitro benzene ring substituents is 1. The van der Waals surface area contributed by atoms with Crippen LogP contribution in [0.4, 0.5) is 10.5 Å². The van der Waals surface area contributed by atoms with Gasteiger partial charge in [-0.2, -0.15) is 0 Å². The quantitative estimate of drug-likeness (QED) is 0.388. The number of nitrogens with zero attached hydrogens (tertiary/aromatic N) is 1. The van der Waals surface area contributed by atoms with Crippen molar-refractivity contribution >= 4 is 11.8 Å². The molecular weight excluding hydrogens is 348 g/mol. The number of nitro groups is 1. The van der Waals surface area contributed by atoms with E-state index in [0.29, 0.717) is 13.2 Å². The van der Waals surface area contributed by atoms with Crippen LogP contribution in [0.15, 0.2) is 48.5 Å². The minimum absolute atomic E-state index is 0.0911. The van der Waals surface area contributed by atoms with Gasteiger partial charge in [0.15, 0.2) is 0 Å². The average Bonchev–Trinajstić information content (AvgIpc) is 2.68. The van der Waals surface area contributed by atoms with Crippen molar-refractivity contribution in [2.24, 2.45) is 0 Å². The summed E-state index contributed by atoms with van der Waals surface area (Å²) in [6.45, 7) is 0.856. The maximum atomic E-state index is 11.7. The minimum atomic E-state index is -0.418. The second kappa shape index (κ2) is 10.8. The molecule has 0 spiro atoms. The van der Waals surface area contributed by atoms with E-state index < -0.39 is 11.0 Å². The maximum Gasteiger partial charge on any atom is 0.407 e. The molecule has 0 aliphatic heterocycles. The summed E-state index contributed by atoms with van der Waals surface area (Å²) < 4.78 is 10.2. The van der Waals surface area contributed by atoms with E-state index in [1.165, 1.54) is 12.1 Å². The number of benzene rings is 2. The summed E-state index contributed by atoms with van der Waals surface area (Å²) in [7, 11) is 1.62. The largest absolute Gasteiger partial charge is 0.497 e. The van der Waals surface area contributed by atoms with Crippen LogP contribution in [-0.2, 0) is 17.6 Å². The first-order valence-electron chi connectivity index (χ1n) is 8.85. The lowest BCUT2D eigenvalue weighted by Gasteiger charge is -2.08. The Bertz CT molecular complexity index is 729. The van der Waals surface area contributed by atoms with Crippen LogP contribution in [0.1, 0.15) is 24.0 Å². The predicted octanol–water partition coefficient (Wildman–Crippen LogP) is 3.90. The number of carbonyl (C=O) groups is 1. The molecule has 0 heterocycles. The number of nitrogens with one attached hydrogen (secondary N) is 1. The smallest absolute Gasteiger partial charge is 0.407 e. The number of nitro benzene ring substituents is 1. The Morgan fingerprint density at radius 1 is 1.00 bits per heavy atom. The normalized spacial score (nSPS) is 10.3. The van der Waals surface area contributed by atoms with E-state index in [1.807, 2.05) is 24.3 Å². The van der Waals surface area contributed by atoms with Crippen LogP contribution in [0.2, 0.25) is 0 Å². The second-order valence-electron chi connectivity index (χ2n) is 6.04. The first kappa shape index (κ1) is 20.2. The molecule has 0 atom stereocenters. The van der Waals surface area contributed by atoms with E-state index in [1.54, 1.807) is 19.2 Å². The van der Waals surface area contributed by atoms with Gasteiger partial charge in [-0.05, 0) is 48.9 Å². The number of rotatable bonds is 10. The van der Waals surface area contributed by atoms with Crippen LogP contribution < -0.4 is 10.1 Å². The lowest BCUT2D eigenvalue weighted by Crippen LogP contribution is -2.26. The Balaban J connectivity index is 1.54. The van der Waals surface area contributed by atoms with Gasteiger partial charge in [-0.1, -0.05) is 24.3 Å². The molecule has 0 saturated heterocycles. The van der Waals surface area contributed by atoms with Crippen molar-refractivity contribution in [1.29, 1.82) is 0 Å². The van der Waals surface area contributed by atoms with Crippen molar-refractivity contribution in [3.63, 3.8) is 0 Å². The summed E-state index contributed by atoms with van der Waals surface area (Å²) in [5.74, 6) is 0.805. The molecule has 0 aliphatic rings. The van der Waals surface area contributed by atoms with Crippen LogP contribution in [0, 0.1) is 10.1 Å². The Hall–Kier alpha value is -3.09. The molecule has 0 bridgehead atoms. The van der Waals surface area contributed by atoms with Crippen LogP contribution in [0.25, 0.3) is 0 Å². The van der Waals surface area contributed by atoms with Crippen molar-refractivity contribution in [1.82, 2.24) is 5.32 Å². The molecule has 7 heteroatoms. The zero-order valence-corrected chi connectivity index (χ0v) is 15.3. The Morgan fingerprint density at radius 3 is 2.26 bits per heavy atom. The fraction of sp³-hybridized carbons (Fsp3) is 0.350. The second-order valence-corrected chi connectivity index (χ2v) is 6.04. The molecule has 1 N–H and O–H groups in total. The highest BCUT2D eigenvalue weighted by Crippen LogP contribution is 2.14. The van der Waals surface area contributed by atoms with Crippen LogP contribution in [0.5, 0.6) is 5.75 Å². The van der Waals surface area contributed by atoms with E-state index in [-0.39, 0.29) is 5.69 Å². The monoisotopic (exact) mass is 372 g/mol. The summed E-state index contributed by atoms with van der Waals surface area (Å²) >= 11 is 0. The number of amides is 1. The number of hydrogen-bond donors (Lipinski definition) is 1. The molecule has 2 rings (SSSR count). The average molecular weight is 372 g/mol. The van der Waals surface area contributed by atoms with Gasteiger partial charge in [-0.3, -0.25) is 10.1 Å². The van der Waals surface area contributed by atoms with Crippen molar-refractivity contribution < 1.29 is 19.2 Å². The van der Waals surface area contributed by atoms with Gasteiger partial charge in [-0.25, -0.2) is 4.79 Å². The first-order chi connectivity index (χ1) is 13.1. The number of aryl methyl sites for hydroxylation is 1. The highest BCUT2D eigenvalue weighted by molar-refractivity contribution is 5.67. The molecule has 7 nitrogen and oxygen atoms in total. The number of hydrogen-bond acceptors (Lipinski definition) is 5. The summed E-state index contributed by atoms with van der Waals surface area (Å²) in [6.07, 6.45) is 2.68. The number of unbranched alkanes of at least 4 members (excludes halogenated alkanes) is 1. The molecule has 1 amide bonds. The molecule has 2 aromatic rings. The third kappa shape index (κ3) is 7.35. The molecule has 0 fully saturated rings. The number of ether oxygens (including phenoxy) is 2. The van der Waals surface area contributed by atoms with Crippen molar-refractivity contribution in [2.45, 2.75) is 25.7 Å². The Kier molecular flexibility index (Phi) is 8.09. The Morgan fingerprint density at radius 2 is 1.63 bits per heavy atom. The SMILES string of the molecule is COc1ccc(CCNC(=O)OCCCCc2ccc([N+](=O)[O-])cc2)cc1. The standard InChI is InChI=1S/C20H24N2O5/c1-26-19-11-7-17(8-12-19)13-14-21-20(23)27-15-3-2-4-16-5-9-18(10-6-16)22(24)25/h5-12H,2-4,13-15H2,1H3,(H,21,23). The molecule has 0 saturated carbocycles. The molecule has 2 aromatic carbocycles. The summed E-state index contributed by atoms with van der Waals surface area (Å²) in [5, 5.41) is 13.3. The van der Waals surface area contributed by atoms with Crippen LogP contribution >= 0.6 is 0 Å². The fourth-order valence-electron chi connectivity index (χ4n) is 2.53. The zero-order valence-electron chi connectivity index (χ0n) is 15.3. The zero-order chi connectivity index (χ0) is 19.5. The highest BCUT2D eigenvalue weighted by Gasteiger charge is 2.05. The number of carbonyl (C=O) groups excluding carboxylic acids is 1. The van der Waals surface area contributed by atoms with Crippen molar-refractivity contribution in [2.75, 3.05) is 20.3 Å². The lowest BCUT2D eigenvalue weighted by molar-refractivity contribution is -0.384. The van der Waals surface area contributed by atoms with Gasteiger partial charge in [-0.15, -0.1) is 0 Å². The predicted molar refractivity (Wildman–Crippen MR) is 102 cm³/mol. The van der Waals surface area contributed by atoms with E-state index in [2.05, 4.69) is 5.32 Å². The molecule has 27 heavy (non-hydrogen) atoms. The number of methoxy groups -OCH3 is 1. The maximum absolute atomic E-state index is 11.7. The third-order valence-corrected chi connectivity index (χ3v) is 4.08. The van der Waals surface area contributed by atoms with Gasteiger partial charge in [0.1, 0.15) is 5.75 Å². The summed E-state index contributed by atoms with van der Waals surface area (Å²) in [4.78, 5) is 21.8. The molecule has 0 unspecified atom stereocenters. The highest BCUT2D eigenvalue weighted by atomic mass is 16.6. The summed E-state index contributed by atoms with van der Waals surface area (Å²) in [5.41, 5.74) is 2.23. The number of alkyl carbamates (subject to hydrolysis) is 1. The van der Waals surface area contributed by atoms with E-state index in [4.69, 9.17) is 9.47 Å². The van der Waals surface area contributed by atoms with Gasteiger partial charge in [0.2, 0.25) is 0 Å². The first-order valence-corrected chi connectivity index (χ1v) is 8.85. The van der Waals surface area contributed by atoms with E-state index in [9.17, 15) is 14.9 Å². The molecule has 0 aliphatic carbocycles. The minimum Gasteiger partial charge on any atom is -0.497 e. The van der Waals surface area contributed by atoms with Crippen molar-refractivity contribution in [3.05, 3.63) is 69.8 Å². The van der Waals surface area contributed by atoms with Crippen LogP contribution in [-0.4, -0.2) is 31.3 Å². The van der Waals surface area contributed by atoms with Crippen LogP contribution in [0.3, 0.4) is 0 Å². The van der Waals surface area contributed by atoms with E-state index in [0.717, 1.165) is 42.6 Å². The van der Waals surface area contributed by atoms with Gasteiger partial charge < -0.3 is 14.8 Å². The third-order valence-electron chi connectivity index (χ3n) is 4.08. The molecular formula is C20H24N2O5. The topological polar surface area (TPSA) is 90.7 Å². The van der Waals surface area contributed by atoms with E-state index >= 15 is 0 Å². The summed E-state index contributed by atoms with van der Waals surface area (Å²) in [6, 6.07) is 14.2. The lowest BCUT2D eigenvalue weighted by atomic mass is 10.1. The molecule has 0 radical (unpaired) electrons. The van der Waals surface area contributed by atoms with Gasteiger partial charge in [0.25, 0.3) is 5.69 Å². The fourth-order valence-corrected chi connectivity index (χ4v) is 2.53. The van der Waals surface area contributed by atoms with Gasteiger partial charge >= 0.3 is 6.09 Å².